The first-order valence-electron chi connectivity index (χ1n) is 5.34. The van der Waals surface area contributed by atoms with Crippen LogP contribution in [0, 0.1) is 0 Å². The van der Waals surface area contributed by atoms with Gasteiger partial charge >= 0.3 is 0 Å². The minimum absolute atomic E-state index is 0.244. The highest BCUT2D eigenvalue weighted by atomic mass is 17.1. The van der Waals surface area contributed by atoms with Gasteiger partial charge in [-0.15, -0.1) is 0 Å². The van der Waals surface area contributed by atoms with Gasteiger partial charge in [0, 0.05) is 12.8 Å². The van der Waals surface area contributed by atoms with Crippen molar-refractivity contribution in [1.82, 2.24) is 0 Å². The quantitative estimate of drug-likeness (QED) is 0.578. The van der Waals surface area contributed by atoms with Crippen molar-refractivity contribution in [2.75, 3.05) is 0 Å². The summed E-state index contributed by atoms with van der Waals surface area (Å²) in [5.74, 6) is 0. The van der Waals surface area contributed by atoms with Crippen molar-refractivity contribution in [2.45, 2.75) is 38.9 Å². The maximum Gasteiger partial charge on any atom is 0.0939 e. The topological polar surface area (TPSA) is 58.9 Å². The standard InChI is InChI=1S/C12H18O4/c1-9(15-13)7-11-5-3-4-6-12(11)8-10(2)16-14/h3-6,9-10,13-14H,7-8H2,1-2H3. The Labute approximate surface area is 95.3 Å². The lowest BCUT2D eigenvalue weighted by Crippen LogP contribution is -2.14. The number of rotatable bonds is 6. The molecule has 0 saturated carbocycles. The lowest BCUT2D eigenvalue weighted by Gasteiger charge is -2.14. The third kappa shape index (κ3) is 3.90. The molecular formula is C12H18O4. The van der Waals surface area contributed by atoms with E-state index in [4.69, 9.17) is 10.5 Å². The molecule has 0 aliphatic heterocycles. The molecule has 2 unspecified atom stereocenters. The van der Waals surface area contributed by atoms with Crippen molar-refractivity contribution in [3.63, 3.8) is 0 Å². The second-order valence-corrected chi connectivity index (χ2v) is 4.01. The fraction of sp³-hybridized carbons (Fsp3) is 0.500. The van der Waals surface area contributed by atoms with Crippen molar-refractivity contribution in [3.8, 4) is 0 Å². The molecule has 1 aromatic rings. The summed E-state index contributed by atoms with van der Waals surface area (Å²) in [4.78, 5) is 8.52. The molecule has 0 bridgehead atoms. The lowest BCUT2D eigenvalue weighted by atomic mass is 9.98. The molecule has 2 atom stereocenters. The van der Waals surface area contributed by atoms with Crippen molar-refractivity contribution in [2.24, 2.45) is 0 Å². The molecule has 4 heteroatoms. The molecule has 0 saturated heterocycles. The molecular weight excluding hydrogens is 208 g/mol. The van der Waals surface area contributed by atoms with Crippen molar-refractivity contribution >= 4 is 0 Å². The van der Waals surface area contributed by atoms with Gasteiger partial charge in [0.2, 0.25) is 0 Å². The molecule has 1 rings (SSSR count). The molecule has 16 heavy (non-hydrogen) atoms. The van der Waals surface area contributed by atoms with E-state index in [1.54, 1.807) is 13.8 Å². The minimum Gasteiger partial charge on any atom is -0.252 e. The van der Waals surface area contributed by atoms with Gasteiger partial charge in [0.25, 0.3) is 0 Å². The van der Waals surface area contributed by atoms with Crippen LogP contribution in [0.1, 0.15) is 25.0 Å². The van der Waals surface area contributed by atoms with Crippen LogP contribution >= 0.6 is 0 Å². The summed E-state index contributed by atoms with van der Waals surface area (Å²) < 4.78 is 0. The van der Waals surface area contributed by atoms with E-state index in [0.717, 1.165) is 11.1 Å². The summed E-state index contributed by atoms with van der Waals surface area (Å²) >= 11 is 0. The third-order valence-corrected chi connectivity index (χ3v) is 2.49. The Balaban J connectivity index is 2.75. The normalized spacial score (nSPS) is 14.8. The molecule has 0 aliphatic carbocycles. The average molecular weight is 226 g/mol. The Morgan fingerprint density at radius 1 is 0.938 bits per heavy atom. The van der Waals surface area contributed by atoms with Crippen molar-refractivity contribution in [1.29, 1.82) is 0 Å². The molecule has 0 radical (unpaired) electrons. The van der Waals surface area contributed by atoms with Gasteiger partial charge in [-0.05, 0) is 25.0 Å². The number of benzene rings is 1. The molecule has 2 N–H and O–H groups in total. The van der Waals surface area contributed by atoms with Crippen LogP contribution in [0.4, 0.5) is 0 Å². The number of hydrogen-bond donors (Lipinski definition) is 2. The molecule has 90 valence electrons. The van der Waals surface area contributed by atoms with E-state index in [2.05, 4.69) is 9.78 Å². The SMILES string of the molecule is CC(Cc1ccccc1CC(C)OO)OO. The Bertz CT molecular complexity index is 283. The van der Waals surface area contributed by atoms with Crippen LogP contribution in [0.2, 0.25) is 0 Å². The number of hydrogen-bond acceptors (Lipinski definition) is 4. The zero-order chi connectivity index (χ0) is 12.0. The van der Waals surface area contributed by atoms with Gasteiger partial charge in [-0.25, -0.2) is 9.78 Å². The van der Waals surface area contributed by atoms with Crippen molar-refractivity contribution < 1.29 is 20.3 Å². The van der Waals surface area contributed by atoms with Crippen LogP contribution in [0.15, 0.2) is 24.3 Å². The molecule has 0 heterocycles. The Morgan fingerprint density at radius 2 is 1.31 bits per heavy atom. The van der Waals surface area contributed by atoms with Gasteiger partial charge < -0.3 is 0 Å². The van der Waals surface area contributed by atoms with Crippen LogP contribution in [0.25, 0.3) is 0 Å². The summed E-state index contributed by atoms with van der Waals surface area (Å²) in [6.07, 6.45) is 0.772. The second-order valence-electron chi connectivity index (χ2n) is 4.01. The maximum absolute atomic E-state index is 8.55. The Kier molecular flexibility index (Phi) is 5.42. The second kappa shape index (κ2) is 6.60. The van der Waals surface area contributed by atoms with Gasteiger partial charge in [-0.1, -0.05) is 24.3 Å². The monoisotopic (exact) mass is 226 g/mol. The molecule has 0 aromatic heterocycles. The van der Waals surface area contributed by atoms with E-state index in [1.807, 2.05) is 24.3 Å². The first kappa shape index (κ1) is 13.1. The molecule has 4 nitrogen and oxygen atoms in total. The highest BCUT2D eigenvalue weighted by Crippen LogP contribution is 2.15. The predicted octanol–water partition coefficient (Wildman–Crippen LogP) is 2.53. The Hall–Kier alpha value is -0.940. The van der Waals surface area contributed by atoms with E-state index < -0.39 is 0 Å². The van der Waals surface area contributed by atoms with E-state index in [0.29, 0.717) is 12.8 Å². The van der Waals surface area contributed by atoms with Gasteiger partial charge in [0.1, 0.15) is 0 Å². The molecule has 1 aromatic carbocycles. The summed E-state index contributed by atoms with van der Waals surface area (Å²) in [6.45, 7) is 3.59. The van der Waals surface area contributed by atoms with E-state index >= 15 is 0 Å². The molecule has 0 amide bonds. The Morgan fingerprint density at radius 3 is 1.62 bits per heavy atom. The molecule has 0 fully saturated rings. The van der Waals surface area contributed by atoms with Crippen LogP contribution in [0.3, 0.4) is 0 Å². The fourth-order valence-corrected chi connectivity index (χ4v) is 1.65. The maximum atomic E-state index is 8.55. The average Bonchev–Trinajstić information content (AvgIpc) is 2.31. The van der Waals surface area contributed by atoms with Gasteiger partial charge in [-0.3, -0.25) is 10.5 Å². The first-order valence-corrected chi connectivity index (χ1v) is 5.34. The first-order chi connectivity index (χ1) is 7.67. The van der Waals surface area contributed by atoms with Crippen LogP contribution in [-0.2, 0) is 22.6 Å². The van der Waals surface area contributed by atoms with Gasteiger partial charge in [0.15, 0.2) is 0 Å². The van der Waals surface area contributed by atoms with E-state index in [1.165, 1.54) is 0 Å². The largest absolute Gasteiger partial charge is 0.252 e. The lowest BCUT2D eigenvalue weighted by molar-refractivity contribution is -0.274. The van der Waals surface area contributed by atoms with Crippen molar-refractivity contribution in [3.05, 3.63) is 35.4 Å². The van der Waals surface area contributed by atoms with Gasteiger partial charge in [0.05, 0.1) is 12.2 Å². The van der Waals surface area contributed by atoms with Crippen LogP contribution in [-0.4, -0.2) is 22.7 Å². The minimum atomic E-state index is -0.244. The third-order valence-electron chi connectivity index (χ3n) is 2.49. The summed E-state index contributed by atoms with van der Waals surface area (Å²) in [7, 11) is 0. The molecule has 0 aliphatic rings. The highest BCUT2D eigenvalue weighted by Gasteiger charge is 2.10. The smallest absolute Gasteiger partial charge is 0.0939 e. The van der Waals surface area contributed by atoms with E-state index in [9.17, 15) is 0 Å². The van der Waals surface area contributed by atoms with E-state index in [-0.39, 0.29) is 12.2 Å². The fourth-order valence-electron chi connectivity index (χ4n) is 1.65. The van der Waals surface area contributed by atoms with Gasteiger partial charge in [-0.2, -0.15) is 0 Å². The summed E-state index contributed by atoms with van der Waals surface area (Å²) in [5, 5.41) is 17.1. The predicted molar refractivity (Wildman–Crippen MR) is 60.2 cm³/mol. The molecule has 0 spiro atoms. The van der Waals surface area contributed by atoms with Crippen LogP contribution in [0.5, 0.6) is 0 Å². The zero-order valence-electron chi connectivity index (χ0n) is 9.59. The highest BCUT2D eigenvalue weighted by molar-refractivity contribution is 5.28. The summed E-state index contributed by atoms with van der Waals surface area (Å²) in [6, 6.07) is 7.84. The zero-order valence-corrected chi connectivity index (χ0v) is 9.59. The summed E-state index contributed by atoms with van der Waals surface area (Å²) in [5.41, 5.74) is 2.18. The van der Waals surface area contributed by atoms with Crippen LogP contribution < -0.4 is 0 Å².